The van der Waals surface area contributed by atoms with Gasteiger partial charge in [-0.05, 0) is 13.0 Å². The molecule has 1 aromatic rings. The van der Waals surface area contributed by atoms with Gasteiger partial charge in [-0.3, -0.25) is 4.79 Å². The molecule has 0 heterocycles. The zero-order valence-corrected chi connectivity index (χ0v) is 11.7. The van der Waals surface area contributed by atoms with Crippen LogP contribution in [0.3, 0.4) is 0 Å². The Labute approximate surface area is 112 Å². The van der Waals surface area contributed by atoms with Crippen molar-refractivity contribution in [2.24, 2.45) is 0 Å². The second-order valence-electron chi connectivity index (χ2n) is 3.76. The molecule has 0 bridgehead atoms. The van der Waals surface area contributed by atoms with Crippen LogP contribution in [0.2, 0.25) is 0 Å². The van der Waals surface area contributed by atoms with Crippen molar-refractivity contribution in [1.82, 2.24) is 4.90 Å². The van der Waals surface area contributed by atoms with E-state index in [1.807, 2.05) is 25.1 Å². The average Bonchev–Trinajstić information content (AvgIpc) is 2.39. The molecular weight excluding hydrogens is 254 g/mol. The summed E-state index contributed by atoms with van der Waals surface area (Å²) in [6.45, 7) is 2.89. The molecule has 5 heteroatoms. The normalized spacial score (nSPS) is 10.0. The quantitative estimate of drug-likeness (QED) is 0.745. The van der Waals surface area contributed by atoms with Crippen LogP contribution in [-0.2, 0) is 11.3 Å². The van der Waals surface area contributed by atoms with Crippen LogP contribution in [0.1, 0.15) is 12.5 Å². The van der Waals surface area contributed by atoms with Gasteiger partial charge in [-0.25, -0.2) is 0 Å². The minimum absolute atomic E-state index is 0.0234. The van der Waals surface area contributed by atoms with Crippen LogP contribution in [0, 0.1) is 0 Å². The second kappa shape index (κ2) is 7.11. The van der Waals surface area contributed by atoms with Gasteiger partial charge in [0.05, 0.1) is 13.7 Å². The summed E-state index contributed by atoms with van der Waals surface area (Å²) in [5.74, 6) is 1.20. The zero-order valence-electron chi connectivity index (χ0n) is 10.9. The molecule has 0 unspecified atom stereocenters. The predicted molar refractivity (Wildman–Crippen MR) is 71.4 cm³/mol. The molecule has 0 N–H and O–H groups in total. The van der Waals surface area contributed by atoms with Crippen molar-refractivity contribution in [2.75, 3.05) is 26.6 Å². The number of methoxy groups -OCH3 is 1. The Hall–Kier alpha value is -1.42. The molecule has 0 radical (unpaired) electrons. The Kier molecular flexibility index (Phi) is 5.78. The molecule has 1 amide bonds. The fourth-order valence-corrected chi connectivity index (χ4v) is 1.80. The maximum absolute atomic E-state index is 11.5. The predicted octanol–water partition coefficient (Wildman–Crippen LogP) is 2.29. The SMILES string of the molecule is CCOc1c(CN(C)C(=O)CCl)cccc1OC. The van der Waals surface area contributed by atoms with E-state index in [-0.39, 0.29) is 11.8 Å². The highest BCUT2D eigenvalue weighted by molar-refractivity contribution is 6.27. The lowest BCUT2D eigenvalue weighted by Gasteiger charge is -2.19. The first kappa shape index (κ1) is 14.6. The van der Waals surface area contributed by atoms with Crippen molar-refractivity contribution < 1.29 is 14.3 Å². The third-order valence-electron chi connectivity index (χ3n) is 2.52. The van der Waals surface area contributed by atoms with Gasteiger partial charge in [0.2, 0.25) is 5.91 Å². The van der Waals surface area contributed by atoms with E-state index in [0.29, 0.717) is 24.7 Å². The molecule has 0 saturated heterocycles. The number of para-hydroxylation sites is 1. The number of halogens is 1. The van der Waals surface area contributed by atoms with Gasteiger partial charge in [0.15, 0.2) is 11.5 Å². The number of nitrogens with zero attached hydrogens (tertiary/aromatic N) is 1. The van der Waals surface area contributed by atoms with Gasteiger partial charge in [-0.2, -0.15) is 0 Å². The average molecular weight is 272 g/mol. The molecule has 0 aromatic heterocycles. The summed E-state index contributed by atoms with van der Waals surface area (Å²) in [7, 11) is 3.30. The Bertz CT molecular complexity index is 409. The monoisotopic (exact) mass is 271 g/mol. The summed E-state index contributed by atoms with van der Waals surface area (Å²) in [5.41, 5.74) is 0.900. The molecule has 0 aliphatic heterocycles. The number of carbonyl (C=O) groups is 1. The summed E-state index contributed by atoms with van der Waals surface area (Å²) in [5, 5.41) is 0. The lowest BCUT2D eigenvalue weighted by atomic mass is 10.1. The summed E-state index contributed by atoms with van der Waals surface area (Å²) in [4.78, 5) is 13.0. The Morgan fingerprint density at radius 1 is 1.44 bits per heavy atom. The van der Waals surface area contributed by atoms with Crippen LogP contribution in [0.15, 0.2) is 18.2 Å². The number of hydrogen-bond acceptors (Lipinski definition) is 3. The van der Waals surface area contributed by atoms with Gasteiger partial charge in [0.1, 0.15) is 5.88 Å². The zero-order chi connectivity index (χ0) is 13.5. The van der Waals surface area contributed by atoms with E-state index in [1.165, 1.54) is 0 Å². The lowest BCUT2D eigenvalue weighted by Crippen LogP contribution is -2.27. The summed E-state index contributed by atoms with van der Waals surface area (Å²) in [6.07, 6.45) is 0. The number of benzene rings is 1. The van der Waals surface area contributed by atoms with Gasteiger partial charge in [0, 0.05) is 19.2 Å². The van der Waals surface area contributed by atoms with Gasteiger partial charge in [-0.1, -0.05) is 12.1 Å². The second-order valence-corrected chi connectivity index (χ2v) is 4.03. The summed E-state index contributed by atoms with van der Waals surface area (Å²) >= 11 is 5.53. The molecule has 0 fully saturated rings. The lowest BCUT2D eigenvalue weighted by molar-refractivity contribution is -0.127. The molecule has 0 saturated carbocycles. The summed E-state index contributed by atoms with van der Waals surface area (Å²) in [6, 6.07) is 5.61. The standard InChI is InChI=1S/C13H18ClNO3/c1-4-18-13-10(6-5-7-11(13)17-3)9-15(2)12(16)8-14/h5-7H,4,8-9H2,1-3H3. The minimum atomic E-state index is -0.123. The van der Waals surface area contributed by atoms with Crippen molar-refractivity contribution in [3.8, 4) is 11.5 Å². The Morgan fingerprint density at radius 3 is 2.72 bits per heavy atom. The highest BCUT2D eigenvalue weighted by atomic mass is 35.5. The maximum Gasteiger partial charge on any atom is 0.237 e. The van der Waals surface area contributed by atoms with Crippen molar-refractivity contribution in [1.29, 1.82) is 0 Å². The Balaban J connectivity index is 2.96. The van der Waals surface area contributed by atoms with E-state index in [0.717, 1.165) is 5.56 Å². The van der Waals surface area contributed by atoms with E-state index >= 15 is 0 Å². The Morgan fingerprint density at radius 2 is 2.17 bits per heavy atom. The number of hydrogen-bond donors (Lipinski definition) is 0. The van der Waals surface area contributed by atoms with Crippen LogP contribution in [-0.4, -0.2) is 37.5 Å². The molecule has 0 atom stereocenters. The van der Waals surface area contributed by atoms with Crippen molar-refractivity contribution >= 4 is 17.5 Å². The number of carbonyl (C=O) groups excluding carboxylic acids is 1. The van der Waals surface area contributed by atoms with Crippen LogP contribution in [0.5, 0.6) is 11.5 Å². The van der Waals surface area contributed by atoms with Crippen LogP contribution < -0.4 is 9.47 Å². The van der Waals surface area contributed by atoms with Gasteiger partial charge in [0.25, 0.3) is 0 Å². The van der Waals surface area contributed by atoms with Crippen molar-refractivity contribution in [2.45, 2.75) is 13.5 Å². The van der Waals surface area contributed by atoms with E-state index in [2.05, 4.69) is 0 Å². The van der Waals surface area contributed by atoms with E-state index in [4.69, 9.17) is 21.1 Å². The molecule has 0 aliphatic carbocycles. The molecule has 1 aromatic carbocycles. The van der Waals surface area contributed by atoms with E-state index in [9.17, 15) is 4.79 Å². The fourth-order valence-electron chi connectivity index (χ4n) is 1.60. The third-order valence-corrected chi connectivity index (χ3v) is 2.75. The smallest absolute Gasteiger partial charge is 0.237 e. The third kappa shape index (κ3) is 3.53. The number of alkyl halides is 1. The van der Waals surface area contributed by atoms with Gasteiger partial charge >= 0.3 is 0 Å². The molecule has 4 nitrogen and oxygen atoms in total. The van der Waals surface area contributed by atoms with Crippen LogP contribution in [0.4, 0.5) is 0 Å². The van der Waals surface area contributed by atoms with Crippen LogP contribution >= 0.6 is 11.6 Å². The summed E-state index contributed by atoms with van der Waals surface area (Å²) < 4.78 is 10.8. The molecule has 100 valence electrons. The van der Waals surface area contributed by atoms with Crippen molar-refractivity contribution in [3.05, 3.63) is 23.8 Å². The van der Waals surface area contributed by atoms with Crippen LogP contribution in [0.25, 0.3) is 0 Å². The molecule has 1 rings (SSSR count). The first-order valence-electron chi connectivity index (χ1n) is 5.72. The highest BCUT2D eigenvalue weighted by Gasteiger charge is 2.14. The van der Waals surface area contributed by atoms with Gasteiger partial charge < -0.3 is 14.4 Å². The number of ether oxygens (including phenoxy) is 2. The largest absolute Gasteiger partial charge is 0.493 e. The number of rotatable bonds is 6. The maximum atomic E-state index is 11.5. The fraction of sp³-hybridized carbons (Fsp3) is 0.462. The minimum Gasteiger partial charge on any atom is -0.493 e. The first-order chi connectivity index (χ1) is 8.63. The molecular formula is C13H18ClNO3. The van der Waals surface area contributed by atoms with E-state index < -0.39 is 0 Å². The van der Waals surface area contributed by atoms with E-state index in [1.54, 1.807) is 19.1 Å². The number of amides is 1. The topological polar surface area (TPSA) is 38.8 Å². The molecule has 0 aliphatic rings. The molecule has 0 spiro atoms. The van der Waals surface area contributed by atoms with Gasteiger partial charge in [-0.15, -0.1) is 11.6 Å². The van der Waals surface area contributed by atoms with Crippen molar-refractivity contribution in [3.63, 3.8) is 0 Å². The highest BCUT2D eigenvalue weighted by Crippen LogP contribution is 2.31. The first-order valence-corrected chi connectivity index (χ1v) is 6.26. The molecule has 18 heavy (non-hydrogen) atoms.